The second kappa shape index (κ2) is 7.31. The molecule has 0 N–H and O–H groups in total. The van der Waals surface area contributed by atoms with E-state index in [2.05, 4.69) is 12.0 Å². The molecule has 0 radical (unpaired) electrons. The van der Waals surface area contributed by atoms with Gasteiger partial charge in [-0.15, -0.1) is 11.8 Å². The van der Waals surface area contributed by atoms with Crippen molar-refractivity contribution in [1.82, 2.24) is 9.78 Å². The quantitative estimate of drug-likeness (QED) is 0.536. The number of aryl methyl sites for hydroxylation is 2. The maximum absolute atomic E-state index is 13.3. The van der Waals surface area contributed by atoms with Gasteiger partial charge in [0.1, 0.15) is 5.56 Å². The fourth-order valence-electron chi connectivity index (χ4n) is 3.40. The molecule has 27 heavy (non-hydrogen) atoms. The molecule has 1 aromatic carbocycles. The Morgan fingerprint density at radius 2 is 2.04 bits per heavy atom. The van der Waals surface area contributed by atoms with Crippen molar-refractivity contribution < 1.29 is 17.4 Å². The molecule has 2 aromatic rings. The average Bonchev–Trinajstić information content (AvgIpc) is 3.21. The first-order valence-corrected chi connectivity index (χ1v) is 11.6. The van der Waals surface area contributed by atoms with Crippen LogP contribution in [0.15, 0.2) is 17.2 Å². The van der Waals surface area contributed by atoms with Gasteiger partial charge < -0.3 is 4.18 Å². The molecule has 0 saturated heterocycles. The summed E-state index contributed by atoms with van der Waals surface area (Å²) in [5.41, 5.74) is 3.99. The molecule has 3 rings (SSSR count). The third-order valence-corrected chi connectivity index (χ3v) is 7.50. The van der Waals surface area contributed by atoms with Crippen LogP contribution in [0, 0.1) is 13.8 Å². The summed E-state index contributed by atoms with van der Waals surface area (Å²) in [6.07, 6.45) is 1.40. The molecular weight excluding hydrogens is 384 g/mol. The minimum absolute atomic E-state index is 0.00988. The normalized spacial score (nSPS) is 16.4. The predicted octanol–water partition coefficient (Wildman–Crippen LogP) is 3.69. The lowest BCUT2D eigenvalue weighted by atomic mass is 9.89. The van der Waals surface area contributed by atoms with Crippen molar-refractivity contribution in [3.05, 3.63) is 40.1 Å². The molecule has 1 aromatic heterocycles. The molecule has 0 amide bonds. The highest BCUT2D eigenvalue weighted by molar-refractivity contribution is 7.99. The zero-order chi connectivity index (χ0) is 19.9. The summed E-state index contributed by atoms with van der Waals surface area (Å²) < 4.78 is 30.6. The largest absolute Gasteiger partial charge is 0.361 e. The summed E-state index contributed by atoms with van der Waals surface area (Å²) in [7, 11) is -3.77. The molecule has 0 saturated carbocycles. The molecule has 0 fully saturated rings. The van der Waals surface area contributed by atoms with Crippen molar-refractivity contribution in [3.8, 4) is 5.88 Å². The smallest absolute Gasteiger partial charge is 0.310 e. The van der Waals surface area contributed by atoms with Gasteiger partial charge in [0.25, 0.3) is 0 Å². The zero-order valence-electron chi connectivity index (χ0n) is 16.2. The van der Waals surface area contributed by atoms with Gasteiger partial charge in [-0.1, -0.05) is 6.92 Å². The van der Waals surface area contributed by atoms with E-state index in [0.29, 0.717) is 18.0 Å². The van der Waals surface area contributed by atoms with Gasteiger partial charge in [0.2, 0.25) is 5.88 Å². The molecule has 6 nitrogen and oxygen atoms in total. The highest BCUT2D eigenvalue weighted by Crippen LogP contribution is 2.44. The fraction of sp³-hybridized carbons (Fsp3) is 0.474. The summed E-state index contributed by atoms with van der Waals surface area (Å²) in [6.45, 7) is 9.84. The molecule has 1 atom stereocenters. The highest BCUT2D eigenvalue weighted by atomic mass is 32.2. The minimum atomic E-state index is -3.77. The number of nitrogens with zero attached hydrogens (tertiary/aromatic N) is 2. The Morgan fingerprint density at radius 3 is 2.67 bits per heavy atom. The van der Waals surface area contributed by atoms with E-state index in [-0.39, 0.29) is 23.0 Å². The average molecular weight is 409 g/mol. The summed E-state index contributed by atoms with van der Waals surface area (Å²) in [4.78, 5) is 14.6. The number of hydrogen-bond donors (Lipinski definition) is 0. The lowest BCUT2D eigenvalue weighted by Crippen LogP contribution is -2.17. The molecule has 1 aliphatic heterocycles. The van der Waals surface area contributed by atoms with Crippen LogP contribution in [0.2, 0.25) is 0 Å². The summed E-state index contributed by atoms with van der Waals surface area (Å²) >= 11 is 1.82. The van der Waals surface area contributed by atoms with Crippen molar-refractivity contribution >= 4 is 27.7 Å². The van der Waals surface area contributed by atoms with Crippen LogP contribution in [0.5, 0.6) is 5.88 Å². The number of ketones is 1. The Labute approximate surface area is 164 Å². The number of benzene rings is 1. The number of carbonyl (C=O) groups excluding carboxylic acids is 1. The standard InChI is InChI=1S/C19H24N2O4S2/c1-6-21-19(25-27(23,24)7-2)15(9-20-21)17(22)14-8-11(3)18-16(13(14)5)12(4)10-26-18/h8-9,12H,6-7,10H2,1-5H3. The van der Waals surface area contributed by atoms with Gasteiger partial charge in [-0.2, -0.15) is 13.5 Å². The van der Waals surface area contributed by atoms with E-state index in [9.17, 15) is 13.2 Å². The SMILES string of the molecule is CCn1ncc(C(=O)c2cc(C)c3c(c2C)C(C)CS3)c1OS(=O)(=O)CC. The lowest BCUT2D eigenvalue weighted by molar-refractivity contribution is 0.103. The van der Waals surface area contributed by atoms with E-state index in [1.54, 1.807) is 0 Å². The number of aromatic nitrogens is 2. The van der Waals surface area contributed by atoms with Crippen LogP contribution < -0.4 is 4.18 Å². The van der Waals surface area contributed by atoms with Crippen LogP contribution in [0.4, 0.5) is 0 Å². The summed E-state index contributed by atoms with van der Waals surface area (Å²) in [5, 5.41) is 4.14. The second-order valence-electron chi connectivity index (χ2n) is 6.76. The maximum atomic E-state index is 13.3. The number of fused-ring (bicyclic) bond motifs is 1. The Bertz CT molecular complexity index is 1010. The Kier molecular flexibility index (Phi) is 5.40. The van der Waals surface area contributed by atoms with Gasteiger partial charge in [-0.25, -0.2) is 4.68 Å². The van der Waals surface area contributed by atoms with Crippen LogP contribution in [-0.4, -0.2) is 35.5 Å². The van der Waals surface area contributed by atoms with Crippen LogP contribution in [-0.2, 0) is 16.7 Å². The molecule has 0 bridgehead atoms. The van der Waals surface area contributed by atoms with E-state index in [1.807, 2.05) is 38.6 Å². The van der Waals surface area contributed by atoms with Gasteiger partial charge in [0, 0.05) is 22.8 Å². The van der Waals surface area contributed by atoms with Crippen molar-refractivity contribution in [2.75, 3.05) is 11.5 Å². The van der Waals surface area contributed by atoms with Gasteiger partial charge in [-0.3, -0.25) is 4.79 Å². The van der Waals surface area contributed by atoms with E-state index < -0.39 is 10.1 Å². The van der Waals surface area contributed by atoms with Crippen molar-refractivity contribution in [3.63, 3.8) is 0 Å². The van der Waals surface area contributed by atoms with Crippen LogP contribution in [0.3, 0.4) is 0 Å². The third-order valence-electron chi connectivity index (χ3n) is 4.88. The third kappa shape index (κ3) is 3.52. The fourth-order valence-corrected chi connectivity index (χ4v) is 5.31. The van der Waals surface area contributed by atoms with E-state index in [0.717, 1.165) is 16.9 Å². The molecular formula is C19H24N2O4S2. The summed E-state index contributed by atoms with van der Waals surface area (Å²) in [5.74, 6) is 0.936. The van der Waals surface area contributed by atoms with Gasteiger partial charge in [0.15, 0.2) is 5.78 Å². The number of carbonyl (C=O) groups is 1. The Hall–Kier alpha value is -1.80. The Morgan fingerprint density at radius 1 is 1.33 bits per heavy atom. The van der Waals surface area contributed by atoms with Crippen molar-refractivity contribution in [2.24, 2.45) is 0 Å². The van der Waals surface area contributed by atoms with Crippen LogP contribution in [0.1, 0.15) is 59.3 Å². The first kappa shape index (κ1) is 19.9. The van der Waals surface area contributed by atoms with Gasteiger partial charge in [0.05, 0.1) is 11.9 Å². The first-order valence-electron chi connectivity index (χ1n) is 8.99. The number of thioether (sulfide) groups is 1. The van der Waals surface area contributed by atoms with Crippen molar-refractivity contribution in [2.45, 2.75) is 52.0 Å². The number of rotatable bonds is 6. The molecule has 0 aliphatic carbocycles. The predicted molar refractivity (Wildman–Crippen MR) is 106 cm³/mol. The lowest BCUT2D eigenvalue weighted by Gasteiger charge is -2.15. The monoisotopic (exact) mass is 408 g/mol. The van der Waals surface area contributed by atoms with E-state index in [1.165, 1.54) is 28.3 Å². The van der Waals surface area contributed by atoms with Gasteiger partial charge in [-0.05, 0) is 56.4 Å². The Balaban J connectivity index is 2.12. The number of hydrogen-bond acceptors (Lipinski definition) is 6. The topological polar surface area (TPSA) is 78.3 Å². The van der Waals surface area contributed by atoms with E-state index in [4.69, 9.17) is 4.18 Å². The second-order valence-corrected chi connectivity index (χ2v) is 9.65. The highest BCUT2D eigenvalue weighted by Gasteiger charge is 2.30. The molecule has 0 spiro atoms. The molecule has 146 valence electrons. The van der Waals surface area contributed by atoms with E-state index >= 15 is 0 Å². The van der Waals surface area contributed by atoms with Crippen molar-refractivity contribution in [1.29, 1.82) is 0 Å². The molecule has 2 heterocycles. The zero-order valence-corrected chi connectivity index (χ0v) is 17.8. The minimum Gasteiger partial charge on any atom is -0.361 e. The summed E-state index contributed by atoms with van der Waals surface area (Å²) in [6, 6.07) is 1.89. The molecule has 1 unspecified atom stereocenters. The first-order chi connectivity index (χ1) is 12.7. The molecule has 8 heteroatoms. The maximum Gasteiger partial charge on any atom is 0.310 e. The van der Waals surface area contributed by atoms with Crippen LogP contribution in [0.25, 0.3) is 0 Å². The molecule has 1 aliphatic rings. The van der Waals surface area contributed by atoms with Crippen LogP contribution >= 0.6 is 11.8 Å². The van der Waals surface area contributed by atoms with Gasteiger partial charge >= 0.3 is 10.1 Å².